The first-order chi connectivity index (χ1) is 14.5. The van der Waals surface area contributed by atoms with Crippen molar-refractivity contribution in [3.05, 3.63) is 51.9 Å². The second kappa shape index (κ2) is 8.75. The molecule has 1 N–H and O–H groups in total. The van der Waals surface area contributed by atoms with Gasteiger partial charge in [-0.1, -0.05) is 6.42 Å². The van der Waals surface area contributed by atoms with Crippen LogP contribution < -0.4 is 15.6 Å². The van der Waals surface area contributed by atoms with Crippen LogP contribution in [0.5, 0.6) is 5.75 Å². The lowest BCUT2D eigenvalue weighted by Crippen LogP contribution is -2.35. The summed E-state index contributed by atoms with van der Waals surface area (Å²) in [7, 11) is -3.65. The molecule has 0 radical (unpaired) electrons. The lowest BCUT2D eigenvalue weighted by Gasteiger charge is -2.27. The van der Waals surface area contributed by atoms with Crippen LogP contribution in [0.4, 0.5) is 5.69 Å². The number of fused-ring (bicyclic) bond motifs is 1. The standard InChI is InChI=1S/C20H24N4O4S2/c1-2-28-17-7-6-15(12-18(17)30(26,27)23-8-4-3-5-9-23)21-14-16-13-19(25)24-10-11-29-20(24)22-16/h6-7,10-13,21H,2-5,8-9,14H2,1H3. The summed E-state index contributed by atoms with van der Waals surface area (Å²) >= 11 is 1.39. The van der Waals surface area contributed by atoms with Gasteiger partial charge in [-0.2, -0.15) is 4.31 Å². The quantitative estimate of drug-likeness (QED) is 0.597. The highest BCUT2D eigenvalue weighted by atomic mass is 32.2. The Labute approximate surface area is 179 Å². The molecule has 1 aromatic carbocycles. The number of sulfonamides is 1. The van der Waals surface area contributed by atoms with E-state index in [-0.39, 0.29) is 10.5 Å². The van der Waals surface area contributed by atoms with E-state index < -0.39 is 10.0 Å². The molecule has 10 heteroatoms. The van der Waals surface area contributed by atoms with Gasteiger partial charge in [-0.15, -0.1) is 11.3 Å². The monoisotopic (exact) mass is 448 g/mol. The highest BCUT2D eigenvalue weighted by Gasteiger charge is 2.29. The van der Waals surface area contributed by atoms with E-state index in [1.807, 2.05) is 12.3 Å². The zero-order chi connectivity index (χ0) is 21.1. The maximum absolute atomic E-state index is 13.2. The number of nitrogens with one attached hydrogen (secondary N) is 1. The Kier molecular flexibility index (Phi) is 6.07. The predicted octanol–water partition coefficient (Wildman–Crippen LogP) is 2.94. The molecule has 160 valence electrons. The van der Waals surface area contributed by atoms with Crippen molar-refractivity contribution in [2.45, 2.75) is 37.6 Å². The molecule has 3 heterocycles. The van der Waals surface area contributed by atoms with E-state index in [9.17, 15) is 13.2 Å². The molecule has 4 rings (SSSR count). The van der Waals surface area contributed by atoms with Crippen molar-refractivity contribution in [3.63, 3.8) is 0 Å². The molecule has 30 heavy (non-hydrogen) atoms. The van der Waals surface area contributed by atoms with Gasteiger partial charge in [-0.05, 0) is 38.0 Å². The second-order valence-corrected chi connectivity index (χ2v) is 9.83. The van der Waals surface area contributed by atoms with Gasteiger partial charge in [0.15, 0.2) is 4.96 Å². The average Bonchev–Trinajstić information content (AvgIpc) is 3.23. The van der Waals surface area contributed by atoms with Crippen LogP contribution in [-0.4, -0.2) is 41.8 Å². The molecule has 0 spiro atoms. The Hall–Kier alpha value is -2.43. The van der Waals surface area contributed by atoms with Crippen molar-refractivity contribution in [1.82, 2.24) is 13.7 Å². The van der Waals surface area contributed by atoms with Crippen LogP contribution in [0.2, 0.25) is 0 Å². The molecular weight excluding hydrogens is 424 g/mol. The molecule has 1 aliphatic heterocycles. The molecule has 1 fully saturated rings. The Balaban J connectivity index is 1.60. The van der Waals surface area contributed by atoms with E-state index in [1.165, 1.54) is 26.1 Å². The number of benzene rings is 1. The Morgan fingerprint density at radius 1 is 1.20 bits per heavy atom. The normalized spacial score (nSPS) is 15.4. The first-order valence-corrected chi connectivity index (χ1v) is 12.3. The number of aromatic nitrogens is 2. The van der Waals surface area contributed by atoms with Gasteiger partial charge in [0.05, 0.1) is 18.8 Å². The fourth-order valence-electron chi connectivity index (χ4n) is 3.51. The topological polar surface area (TPSA) is 93.0 Å². The van der Waals surface area contributed by atoms with Gasteiger partial charge in [0, 0.05) is 36.4 Å². The summed E-state index contributed by atoms with van der Waals surface area (Å²) in [6, 6.07) is 6.53. The SMILES string of the molecule is CCOc1ccc(NCc2cc(=O)n3ccsc3n2)cc1S(=O)(=O)N1CCCCC1. The van der Waals surface area contributed by atoms with Crippen LogP contribution in [0.3, 0.4) is 0 Å². The van der Waals surface area contributed by atoms with Gasteiger partial charge in [-0.3, -0.25) is 9.20 Å². The van der Waals surface area contributed by atoms with Crippen LogP contribution in [-0.2, 0) is 16.6 Å². The molecule has 0 unspecified atom stereocenters. The molecule has 3 aromatic rings. The zero-order valence-corrected chi connectivity index (χ0v) is 18.3. The number of ether oxygens (including phenoxy) is 1. The number of rotatable bonds is 7. The van der Waals surface area contributed by atoms with Crippen LogP contribution in [0, 0.1) is 0 Å². The van der Waals surface area contributed by atoms with Crippen molar-refractivity contribution in [3.8, 4) is 5.75 Å². The van der Waals surface area contributed by atoms with E-state index in [4.69, 9.17) is 4.74 Å². The van der Waals surface area contributed by atoms with E-state index in [2.05, 4.69) is 10.3 Å². The third-order valence-electron chi connectivity index (χ3n) is 5.01. The first kappa shape index (κ1) is 20.8. The number of anilines is 1. The summed E-state index contributed by atoms with van der Waals surface area (Å²) < 4.78 is 35.1. The fraction of sp³-hybridized carbons (Fsp3) is 0.400. The maximum atomic E-state index is 13.2. The fourth-order valence-corrected chi connectivity index (χ4v) is 5.92. The summed E-state index contributed by atoms with van der Waals surface area (Å²) in [6.07, 6.45) is 4.48. The summed E-state index contributed by atoms with van der Waals surface area (Å²) in [6.45, 7) is 3.57. The number of hydrogen-bond donors (Lipinski definition) is 1. The van der Waals surface area contributed by atoms with Crippen LogP contribution in [0.25, 0.3) is 4.96 Å². The predicted molar refractivity (Wildman–Crippen MR) is 117 cm³/mol. The van der Waals surface area contributed by atoms with Gasteiger partial charge < -0.3 is 10.1 Å². The minimum absolute atomic E-state index is 0.141. The smallest absolute Gasteiger partial charge is 0.258 e. The third-order valence-corrected chi connectivity index (χ3v) is 7.68. The molecule has 0 saturated carbocycles. The molecular formula is C20H24N4O4S2. The third kappa shape index (κ3) is 4.21. The van der Waals surface area contributed by atoms with Gasteiger partial charge >= 0.3 is 0 Å². The van der Waals surface area contributed by atoms with Crippen molar-refractivity contribution in [2.75, 3.05) is 25.0 Å². The molecule has 0 bridgehead atoms. The van der Waals surface area contributed by atoms with E-state index in [1.54, 1.807) is 24.4 Å². The van der Waals surface area contributed by atoms with Crippen molar-refractivity contribution < 1.29 is 13.2 Å². The average molecular weight is 449 g/mol. The number of hydrogen-bond acceptors (Lipinski definition) is 7. The molecule has 0 aliphatic carbocycles. The minimum atomic E-state index is -3.65. The van der Waals surface area contributed by atoms with Crippen molar-refractivity contribution >= 4 is 32.0 Å². The molecule has 2 aromatic heterocycles. The molecule has 0 amide bonds. The Bertz CT molecular complexity index is 1200. The molecule has 0 atom stereocenters. The van der Waals surface area contributed by atoms with E-state index in [0.717, 1.165) is 19.3 Å². The summed E-state index contributed by atoms with van der Waals surface area (Å²) in [5.41, 5.74) is 1.08. The summed E-state index contributed by atoms with van der Waals surface area (Å²) in [4.78, 5) is 17.4. The van der Waals surface area contributed by atoms with Crippen molar-refractivity contribution in [2.24, 2.45) is 0 Å². The lowest BCUT2D eigenvalue weighted by atomic mass is 10.2. The number of thiazole rings is 1. The number of nitrogens with zero attached hydrogens (tertiary/aromatic N) is 3. The molecule has 8 nitrogen and oxygen atoms in total. The summed E-state index contributed by atoms with van der Waals surface area (Å²) in [5.74, 6) is 0.352. The van der Waals surface area contributed by atoms with Gasteiger partial charge in [0.25, 0.3) is 5.56 Å². The van der Waals surface area contributed by atoms with Crippen LogP contribution in [0.15, 0.2) is 45.5 Å². The molecule has 1 aliphatic rings. The van der Waals surface area contributed by atoms with Crippen LogP contribution >= 0.6 is 11.3 Å². The minimum Gasteiger partial charge on any atom is -0.492 e. The van der Waals surface area contributed by atoms with Crippen LogP contribution in [0.1, 0.15) is 31.9 Å². The Morgan fingerprint density at radius 2 is 2.00 bits per heavy atom. The van der Waals surface area contributed by atoms with Gasteiger partial charge in [0.2, 0.25) is 10.0 Å². The largest absolute Gasteiger partial charge is 0.492 e. The Morgan fingerprint density at radius 3 is 2.77 bits per heavy atom. The highest BCUT2D eigenvalue weighted by molar-refractivity contribution is 7.89. The number of piperidine rings is 1. The van der Waals surface area contributed by atoms with Gasteiger partial charge in [0.1, 0.15) is 10.6 Å². The second-order valence-electron chi connectivity index (χ2n) is 7.05. The van der Waals surface area contributed by atoms with Crippen molar-refractivity contribution in [1.29, 1.82) is 0 Å². The van der Waals surface area contributed by atoms with E-state index in [0.29, 0.717) is 48.3 Å². The lowest BCUT2D eigenvalue weighted by molar-refractivity contribution is 0.323. The molecule has 1 saturated heterocycles. The summed E-state index contributed by atoms with van der Waals surface area (Å²) in [5, 5.41) is 5.00. The first-order valence-electron chi connectivity index (χ1n) is 9.95. The van der Waals surface area contributed by atoms with Gasteiger partial charge in [-0.25, -0.2) is 13.4 Å². The highest BCUT2D eigenvalue weighted by Crippen LogP contribution is 2.31. The zero-order valence-electron chi connectivity index (χ0n) is 16.7. The van der Waals surface area contributed by atoms with E-state index >= 15 is 0 Å². The maximum Gasteiger partial charge on any atom is 0.258 e.